The Bertz CT molecular complexity index is 808. The molecular weight excluding hydrogens is 336 g/mol. The molecule has 138 valence electrons. The predicted octanol–water partition coefficient (Wildman–Crippen LogP) is 1.80. The molecule has 6 heteroatoms. The lowest BCUT2D eigenvalue weighted by Crippen LogP contribution is -2.40. The molecule has 1 aliphatic heterocycles. The third-order valence-electron chi connectivity index (χ3n) is 5.20. The molecule has 0 radical (unpaired) electrons. The summed E-state index contributed by atoms with van der Waals surface area (Å²) < 4.78 is 11.0. The second-order valence-corrected chi connectivity index (χ2v) is 7.32. The Morgan fingerprint density at radius 2 is 1.96 bits per heavy atom. The van der Waals surface area contributed by atoms with E-state index >= 15 is 0 Å². The van der Waals surface area contributed by atoms with Gasteiger partial charge in [0.15, 0.2) is 18.0 Å². The number of hydrogen-bond acceptors (Lipinski definition) is 6. The van der Waals surface area contributed by atoms with Gasteiger partial charge in [0.05, 0.1) is 12.0 Å². The first-order valence-corrected chi connectivity index (χ1v) is 8.50. The maximum atomic E-state index is 12.5. The van der Waals surface area contributed by atoms with E-state index in [1.807, 2.05) is 0 Å². The molecule has 1 saturated heterocycles. The largest absolute Gasteiger partial charge is 0.454 e. The molecule has 0 saturated carbocycles. The van der Waals surface area contributed by atoms with Crippen molar-refractivity contribution in [2.75, 3.05) is 0 Å². The van der Waals surface area contributed by atoms with Gasteiger partial charge in [0.1, 0.15) is 0 Å². The molecule has 0 aromatic heterocycles. The van der Waals surface area contributed by atoms with Crippen molar-refractivity contribution in [1.29, 1.82) is 0 Å². The van der Waals surface area contributed by atoms with E-state index in [0.717, 1.165) is 5.57 Å². The predicted molar refractivity (Wildman–Crippen MR) is 92.8 cm³/mol. The topological polar surface area (TPSA) is 89.9 Å². The second-order valence-electron chi connectivity index (χ2n) is 7.32. The van der Waals surface area contributed by atoms with Crippen LogP contribution >= 0.6 is 0 Å². The van der Waals surface area contributed by atoms with Gasteiger partial charge in [0, 0.05) is 23.1 Å². The zero-order valence-electron chi connectivity index (χ0n) is 15.2. The monoisotopic (exact) mass is 358 g/mol. The smallest absolute Gasteiger partial charge is 0.334 e. The van der Waals surface area contributed by atoms with Gasteiger partial charge < -0.3 is 14.6 Å². The summed E-state index contributed by atoms with van der Waals surface area (Å²) in [5, 5.41) is 10.9. The molecule has 2 aliphatic carbocycles. The van der Waals surface area contributed by atoms with Gasteiger partial charge in [-0.2, -0.15) is 0 Å². The van der Waals surface area contributed by atoms with Crippen molar-refractivity contribution < 1.29 is 29.0 Å². The van der Waals surface area contributed by atoms with Crippen LogP contribution in [0.2, 0.25) is 0 Å². The van der Waals surface area contributed by atoms with E-state index in [-0.39, 0.29) is 11.4 Å². The second kappa shape index (κ2) is 6.36. The molecular formula is C20H22O6. The first-order chi connectivity index (χ1) is 12.1. The molecule has 0 spiro atoms. The fraction of sp³-hybridized carbons (Fsp3) is 0.450. The summed E-state index contributed by atoms with van der Waals surface area (Å²) in [5.41, 5.74) is 2.50. The van der Waals surface area contributed by atoms with Crippen LogP contribution in [0, 0.1) is 11.8 Å². The van der Waals surface area contributed by atoms with Gasteiger partial charge in [0.2, 0.25) is 0 Å². The van der Waals surface area contributed by atoms with Crippen LogP contribution in [0.15, 0.2) is 46.6 Å². The van der Waals surface area contributed by atoms with Crippen LogP contribution in [0.1, 0.15) is 27.7 Å². The lowest BCUT2D eigenvalue weighted by molar-refractivity contribution is -0.156. The normalized spacial score (nSPS) is 33.2. The van der Waals surface area contributed by atoms with Crippen LogP contribution in [0.25, 0.3) is 0 Å². The Hall–Kier alpha value is -2.47. The molecule has 0 aromatic rings. The average Bonchev–Trinajstić information content (AvgIpc) is 2.96. The van der Waals surface area contributed by atoms with Crippen LogP contribution in [-0.4, -0.2) is 41.1 Å². The zero-order valence-corrected chi connectivity index (χ0v) is 15.2. The molecule has 3 rings (SSSR count). The van der Waals surface area contributed by atoms with Crippen LogP contribution in [0.3, 0.4) is 0 Å². The summed E-state index contributed by atoms with van der Waals surface area (Å²) >= 11 is 0. The number of esters is 2. The minimum absolute atomic E-state index is 0.131. The number of aliphatic hydroxyl groups excluding tert-OH is 1. The average molecular weight is 358 g/mol. The number of carbonyl (C=O) groups excluding carboxylic acids is 3. The third kappa shape index (κ3) is 2.74. The number of allylic oxidation sites excluding steroid dienone is 2. The highest BCUT2D eigenvalue weighted by atomic mass is 16.6. The maximum absolute atomic E-state index is 12.5. The highest BCUT2D eigenvalue weighted by Crippen LogP contribution is 2.47. The first kappa shape index (κ1) is 18.3. The van der Waals surface area contributed by atoms with E-state index in [2.05, 4.69) is 6.58 Å². The molecule has 26 heavy (non-hydrogen) atoms. The van der Waals surface area contributed by atoms with Crippen LogP contribution in [-0.2, 0) is 23.9 Å². The van der Waals surface area contributed by atoms with E-state index in [4.69, 9.17) is 9.47 Å². The van der Waals surface area contributed by atoms with Gasteiger partial charge >= 0.3 is 11.9 Å². The van der Waals surface area contributed by atoms with Gasteiger partial charge in [-0.15, -0.1) is 0 Å². The van der Waals surface area contributed by atoms with Crippen molar-refractivity contribution in [2.45, 2.75) is 46.0 Å². The Morgan fingerprint density at radius 3 is 2.58 bits per heavy atom. The molecule has 6 nitrogen and oxygen atoms in total. The number of ether oxygens (including phenoxy) is 2. The number of fused-ring (bicyclic) bond motifs is 2. The first-order valence-electron chi connectivity index (χ1n) is 8.50. The summed E-state index contributed by atoms with van der Waals surface area (Å²) in [6.07, 6.45) is -0.110. The van der Waals surface area contributed by atoms with Crippen LogP contribution in [0.4, 0.5) is 0 Å². The van der Waals surface area contributed by atoms with Gasteiger partial charge in [0.25, 0.3) is 0 Å². The molecule has 1 N–H and O–H groups in total. The van der Waals surface area contributed by atoms with Crippen molar-refractivity contribution in [3.05, 3.63) is 46.6 Å². The quantitative estimate of drug-likeness (QED) is 0.598. The highest BCUT2D eigenvalue weighted by Gasteiger charge is 2.55. The summed E-state index contributed by atoms with van der Waals surface area (Å²) in [4.78, 5) is 36.7. The Morgan fingerprint density at radius 1 is 1.31 bits per heavy atom. The lowest BCUT2D eigenvalue weighted by atomic mass is 9.81. The zero-order chi connectivity index (χ0) is 19.3. The van der Waals surface area contributed by atoms with Gasteiger partial charge in [-0.1, -0.05) is 17.7 Å². The molecule has 1 fully saturated rings. The number of rotatable bonds is 2. The van der Waals surface area contributed by atoms with Crippen molar-refractivity contribution in [2.24, 2.45) is 11.8 Å². The van der Waals surface area contributed by atoms with Gasteiger partial charge in [-0.05, 0) is 39.3 Å². The fourth-order valence-corrected chi connectivity index (χ4v) is 4.05. The van der Waals surface area contributed by atoms with Crippen molar-refractivity contribution in [3.8, 4) is 0 Å². The summed E-state index contributed by atoms with van der Waals surface area (Å²) in [6, 6.07) is 0. The van der Waals surface area contributed by atoms with E-state index < -0.39 is 42.1 Å². The molecule has 5 atom stereocenters. The third-order valence-corrected chi connectivity index (χ3v) is 5.20. The Balaban J connectivity index is 2.11. The standard InChI is InChI=1S/C20H22O6/c1-8(2)6-13(22)25-18-10(4)15-12(21)7-9(3)14(15)17(23)16-11(5)20(24)26-19(16)18/h6-7,14,16-19,23H,5H2,1-4H3/t14-,16-,17+,18+,19-/m1/s1. The van der Waals surface area contributed by atoms with E-state index in [1.165, 1.54) is 12.2 Å². The van der Waals surface area contributed by atoms with Gasteiger partial charge in [-0.25, -0.2) is 9.59 Å². The minimum Gasteiger partial charge on any atom is -0.454 e. The van der Waals surface area contributed by atoms with E-state index in [1.54, 1.807) is 27.7 Å². The number of hydrogen-bond donors (Lipinski definition) is 1. The summed E-state index contributed by atoms with van der Waals surface area (Å²) in [5.74, 6) is -2.74. The molecule has 0 unspecified atom stereocenters. The number of carbonyl (C=O) groups is 3. The maximum Gasteiger partial charge on any atom is 0.334 e. The summed E-state index contributed by atoms with van der Waals surface area (Å²) in [6.45, 7) is 10.7. The SMILES string of the molecule is C=C1C(=O)O[C@@H]2[C@H]1[C@@H](O)[C@@H]1C(C)=CC(=O)C1=C(C)[C@@H]2OC(=O)C=C(C)C. The molecule has 1 heterocycles. The minimum atomic E-state index is -1.06. The van der Waals surface area contributed by atoms with Gasteiger partial charge in [-0.3, -0.25) is 4.79 Å². The highest BCUT2D eigenvalue weighted by molar-refractivity contribution is 6.09. The molecule has 0 amide bonds. The molecule has 3 aliphatic rings. The van der Waals surface area contributed by atoms with E-state index in [9.17, 15) is 19.5 Å². The Kier molecular flexibility index (Phi) is 4.48. The summed E-state index contributed by atoms with van der Waals surface area (Å²) in [7, 11) is 0. The van der Waals surface area contributed by atoms with Crippen LogP contribution in [0.5, 0.6) is 0 Å². The lowest BCUT2D eigenvalue weighted by Gasteiger charge is -2.28. The van der Waals surface area contributed by atoms with Crippen molar-refractivity contribution in [3.63, 3.8) is 0 Å². The number of ketones is 1. The van der Waals surface area contributed by atoms with E-state index in [0.29, 0.717) is 16.7 Å². The van der Waals surface area contributed by atoms with Crippen molar-refractivity contribution in [1.82, 2.24) is 0 Å². The van der Waals surface area contributed by atoms with Crippen LogP contribution < -0.4 is 0 Å². The molecule has 0 bridgehead atoms. The fourth-order valence-electron chi connectivity index (χ4n) is 4.05. The van der Waals surface area contributed by atoms with Crippen molar-refractivity contribution >= 4 is 17.7 Å². The molecule has 0 aromatic carbocycles. The Labute approximate surface area is 151 Å². The number of aliphatic hydroxyl groups is 1.